The van der Waals surface area contributed by atoms with Crippen LogP contribution in [0.25, 0.3) is 0 Å². The molecule has 2 nitrogen and oxygen atoms in total. The predicted octanol–water partition coefficient (Wildman–Crippen LogP) is 3.62. The van der Waals surface area contributed by atoms with Crippen LogP contribution in [-0.2, 0) is 11.2 Å². The molecule has 1 aromatic heterocycles. The molecule has 1 rings (SSSR count). The van der Waals surface area contributed by atoms with Gasteiger partial charge in [-0.3, -0.25) is 4.79 Å². The van der Waals surface area contributed by atoms with Crippen molar-refractivity contribution in [3.8, 4) is 0 Å². The number of amides is 1. The highest BCUT2D eigenvalue weighted by Gasteiger charge is 2.26. The molecule has 0 unspecified atom stereocenters. The summed E-state index contributed by atoms with van der Waals surface area (Å²) in [6.07, 6.45) is 1.46. The summed E-state index contributed by atoms with van der Waals surface area (Å²) in [7, 11) is 0. The van der Waals surface area contributed by atoms with Gasteiger partial charge >= 0.3 is 0 Å². The molecule has 1 heterocycles. The lowest BCUT2D eigenvalue weighted by Gasteiger charge is -2.33. The number of carbonyl (C=O) groups is 1. The predicted molar refractivity (Wildman–Crippen MR) is 74.3 cm³/mol. The number of carbonyl (C=O) groups excluding carboxylic acids is 1. The van der Waals surface area contributed by atoms with E-state index in [0.29, 0.717) is 6.42 Å². The molecule has 1 N–H and O–H groups in total. The molecule has 0 aliphatic carbocycles. The van der Waals surface area contributed by atoms with Crippen molar-refractivity contribution in [2.75, 3.05) is 0 Å². The fourth-order valence-corrected chi connectivity index (χ4v) is 3.07. The van der Waals surface area contributed by atoms with Crippen molar-refractivity contribution in [1.29, 1.82) is 0 Å². The summed E-state index contributed by atoms with van der Waals surface area (Å²) in [5.74, 6) is 0.113. The second-order valence-corrected chi connectivity index (χ2v) is 7.46. The second kappa shape index (κ2) is 5.21. The molecule has 0 radical (unpaired) electrons. The lowest BCUT2D eigenvalue weighted by Crippen LogP contribution is -2.46. The van der Waals surface area contributed by atoms with Crippen molar-refractivity contribution in [2.45, 2.75) is 53.0 Å². The van der Waals surface area contributed by atoms with Gasteiger partial charge in [-0.05, 0) is 37.1 Å². The molecule has 0 aromatic carbocycles. The van der Waals surface area contributed by atoms with Gasteiger partial charge in [-0.2, -0.15) is 0 Å². The van der Waals surface area contributed by atoms with Gasteiger partial charge in [-0.15, -0.1) is 11.3 Å². The minimum Gasteiger partial charge on any atom is -0.351 e. The molecule has 96 valence electrons. The van der Waals surface area contributed by atoms with Crippen LogP contribution in [0.5, 0.6) is 0 Å². The molecule has 3 heteroatoms. The summed E-state index contributed by atoms with van der Waals surface area (Å²) < 4.78 is 0. The molecule has 0 saturated carbocycles. The van der Waals surface area contributed by atoms with E-state index in [1.165, 1.54) is 0 Å². The van der Waals surface area contributed by atoms with Gasteiger partial charge in [0.15, 0.2) is 0 Å². The molecule has 17 heavy (non-hydrogen) atoms. The fraction of sp³-hybridized carbons (Fsp3) is 0.643. The normalized spacial score (nSPS) is 12.5. The standard InChI is InChI=1S/C14H23NOS/c1-13(2,3)10-14(4,5)15-12(16)9-11-7-6-8-17-11/h6-8H,9-10H2,1-5H3,(H,15,16). The van der Waals surface area contributed by atoms with Gasteiger partial charge in [0.2, 0.25) is 5.91 Å². The number of hydrogen-bond acceptors (Lipinski definition) is 2. The van der Waals surface area contributed by atoms with Crippen LogP contribution in [-0.4, -0.2) is 11.4 Å². The Morgan fingerprint density at radius 2 is 1.94 bits per heavy atom. The molecule has 1 aromatic rings. The van der Waals surface area contributed by atoms with Gasteiger partial charge in [-0.25, -0.2) is 0 Å². The summed E-state index contributed by atoms with van der Waals surface area (Å²) in [5, 5.41) is 5.12. The van der Waals surface area contributed by atoms with Gasteiger partial charge in [0.25, 0.3) is 0 Å². The van der Waals surface area contributed by atoms with E-state index in [0.717, 1.165) is 11.3 Å². The zero-order chi connectivity index (χ0) is 13.1. The first-order chi connectivity index (χ1) is 7.68. The van der Waals surface area contributed by atoms with Crippen molar-refractivity contribution in [3.05, 3.63) is 22.4 Å². The van der Waals surface area contributed by atoms with E-state index in [9.17, 15) is 4.79 Å². The van der Waals surface area contributed by atoms with E-state index in [2.05, 4.69) is 39.9 Å². The maximum atomic E-state index is 11.9. The van der Waals surface area contributed by atoms with Crippen LogP contribution in [0.15, 0.2) is 17.5 Å². The molecular weight excluding hydrogens is 230 g/mol. The van der Waals surface area contributed by atoms with E-state index in [-0.39, 0.29) is 16.9 Å². The zero-order valence-electron chi connectivity index (χ0n) is 11.5. The summed E-state index contributed by atoms with van der Waals surface area (Å²) in [4.78, 5) is 13.0. The number of hydrogen-bond donors (Lipinski definition) is 1. The van der Waals surface area contributed by atoms with Gasteiger partial charge < -0.3 is 5.32 Å². The third-order valence-corrected chi connectivity index (χ3v) is 3.24. The highest BCUT2D eigenvalue weighted by molar-refractivity contribution is 7.10. The Kier molecular flexibility index (Phi) is 4.36. The van der Waals surface area contributed by atoms with Crippen molar-refractivity contribution in [3.63, 3.8) is 0 Å². The Balaban J connectivity index is 2.50. The summed E-state index contributed by atoms with van der Waals surface area (Å²) in [5.41, 5.74) is 0.0757. The van der Waals surface area contributed by atoms with Crippen molar-refractivity contribution >= 4 is 17.2 Å². The molecule has 0 aliphatic rings. The topological polar surface area (TPSA) is 29.1 Å². The van der Waals surface area contributed by atoms with Crippen LogP contribution in [0.1, 0.15) is 45.9 Å². The quantitative estimate of drug-likeness (QED) is 0.872. The van der Waals surface area contributed by atoms with E-state index in [4.69, 9.17) is 0 Å². The van der Waals surface area contributed by atoms with Crippen molar-refractivity contribution < 1.29 is 4.79 Å². The molecule has 0 bridgehead atoms. The molecule has 1 amide bonds. The number of rotatable bonds is 4. The second-order valence-electron chi connectivity index (χ2n) is 6.43. The van der Waals surface area contributed by atoms with Crippen LogP contribution in [0, 0.1) is 5.41 Å². The SMILES string of the molecule is CC(C)(C)CC(C)(C)NC(=O)Cc1cccs1. The molecule has 0 spiro atoms. The minimum absolute atomic E-state index is 0.113. The highest BCUT2D eigenvalue weighted by Crippen LogP contribution is 2.26. The van der Waals surface area contributed by atoms with Crippen LogP contribution >= 0.6 is 11.3 Å². The summed E-state index contributed by atoms with van der Waals surface area (Å²) in [6, 6.07) is 3.98. The van der Waals surface area contributed by atoms with Gasteiger partial charge in [0.1, 0.15) is 0 Å². The van der Waals surface area contributed by atoms with Crippen molar-refractivity contribution in [1.82, 2.24) is 5.32 Å². The molecular formula is C14H23NOS. The third-order valence-electron chi connectivity index (χ3n) is 2.36. The lowest BCUT2D eigenvalue weighted by molar-refractivity contribution is -0.122. The Hall–Kier alpha value is -0.830. The monoisotopic (exact) mass is 253 g/mol. The van der Waals surface area contributed by atoms with Crippen LogP contribution < -0.4 is 5.32 Å². The Morgan fingerprint density at radius 1 is 1.29 bits per heavy atom. The molecule has 0 atom stereocenters. The minimum atomic E-state index is -0.146. The Labute approximate surface area is 108 Å². The van der Waals surface area contributed by atoms with Crippen LogP contribution in [0.2, 0.25) is 0 Å². The Bertz CT molecular complexity index is 360. The molecule has 0 saturated heterocycles. The van der Waals surface area contributed by atoms with Gasteiger partial charge in [-0.1, -0.05) is 26.8 Å². The third kappa shape index (κ3) is 5.87. The smallest absolute Gasteiger partial charge is 0.225 e. The summed E-state index contributed by atoms with van der Waals surface area (Å²) >= 11 is 1.63. The largest absolute Gasteiger partial charge is 0.351 e. The van der Waals surface area contributed by atoms with Crippen LogP contribution in [0.4, 0.5) is 0 Å². The molecule has 0 fully saturated rings. The maximum Gasteiger partial charge on any atom is 0.225 e. The van der Waals surface area contributed by atoms with E-state index in [1.807, 2.05) is 17.5 Å². The van der Waals surface area contributed by atoms with Crippen molar-refractivity contribution in [2.24, 2.45) is 5.41 Å². The first kappa shape index (κ1) is 14.2. The maximum absolute atomic E-state index is 11.9. The fourth-order valence-electron chi connectivity index (χ4n) is 2.36. The Morgan fingerprint density at radius 3 is 2.41 bits per heavy atom. The van der Waals surface area contributed by atoms with Crippen LogP contribution in [0.3, 0.4) is 0 Å². The zero-order valence-corrected chi connectivity index (χ0v) is 12.3. The average molecular weight is 253 g/mol. The highest BCUT2D eigenvalue weighted by atomic mass is 32.1. The first-order valence-corrected chi connectivity index (χ1v) is 6.89. The summed E-state index contributed by atoms with van der Waals surface area (Å²) in [6.45, 7) is 10.8. The number of nitrogens with one attached hydrogen (secondary N) is 1. The first-order valence-electron chi connectivity index (χ1n) is 6.01. The lowest BCUT2D eigenvalue weighted by atomic mass is 9.82. The average Bonchev–Trinajstić information content (AvgIpc) is 2.49. The van der Waals surface area contributed by atoms with E-state index >= 15 is 0 Å². The number of thiophene rings is 1. The van der Waals surface area contributed by atoms with Gasteiger partial charge in [0.05, 0.1) is 6.42 Å². The van der Waals surface area contributed by atoms with E-state index in [1.54, 1.807) is 11.3 Å². The van der Waals surface area contributed by atoms with E-state index < -0.39 is 0 Å². The van der Waals surface area contributed by atoms with Gasteiger partial charge in [0, 0.05) is 10.4 Å². The molecule has 0 aliphatic heterocycles.